The van der Waals surface area contributed by atoms with Crippen molar-refractivity contribution in [2.24, 2.45) is 5.92 Å². The lowest BCUT2D eigenvalue weighted by Crippen LogP contribution is -2.41. The Kier molecular flexibility index (Phi) is 7.00. The van der Waals surface area contributed by atoms with Crippen LogP contribution in [0.25, 0.3) is 0 Å². The molecule has 16 heavy (non-hydrogen) atoms. The van der Waals surface area contributed by atoms with E-state index in [0.717, 1.165) is 6.42 Å². The van der Waals surface area contributed by atoms with Crippen molar-refractivity contribution in [2.45, 2.75) is 32.7 Å². The largest absolute Gasteiger partial charge is 0.481 e. The second kappa shape index (κ2) is 7.73. The average molecular weight is 229 g/mol. The Morgan fingerprint density at radius 3 is 2.62 bits per heavy atom. The van der Waals surface area contributed by atoms with Crippen molar-refractivity contribution in [3.63, 3.8) is 0 Å². The molecule has 0 aromatic heterocycles. The first-order valence-electron chi connectivity index (χ1n) is 5.27. The molecule has 2 N–H and O–H groups in total. The van der Waals surface area contributed by atoms with Gasteiger partial charge in [-0.05, 0) is 5.92 Å². The van der Waals surface area contributed by atoms with E-state index in [1.807, 2.05) is 13.8 Å². The molecule has 5 heteroatoms. The van der Waals surface area contributed by atoms with Crippen LogP contribution < -0.4 is 5.32 Å². The lowest BCUT2D eigenvalue weighted by molar-refractivity contribution is -0.137. The number of carbonyl (C=O) groups excluding carboxylic acids is 1. The number of rotatable bonds is 7. The predicted molar refractivity (Wildman–Crippen MR) is 60.2 cm³/mol. The van der Waals surface area contributed by atoms with Gasteiger partial charge in [0.2, 0.25) is 0 Å². The standard InChI is InChI=1S/C11H19NO4/c1-4-6-16-11(15)12-9(7-10(13)14)8(3)5-2/h4,8-9H,1,5-7H2,2-3H3,(H,12,15)(H,13,14)/t8-,9+/m1/s1. The quantitative estimate of drug-likeness (QED) is 0.652. The fourth-order valence-corrected chi connectivity index (χ4v) is 1.19. The maximum Gasteiger partial charge on any atom is 0.407 e. The van der Waals surface area contributed by atoms with Gasteiger partial charge in [-0.15, -0.1) is 0 Å². The molecular formula is C11H19NO4. The number of hydrogen-bond donors (Lipinski definition) is 2. The van der Waals surface area contributed by atoms with Gasteiger partial charge in [-0.1, -0.05) is 32.9 Å². The number of ether oxygens (including phenoxy) is 1. The Hall–Kier alpha value is -1.52. The Labute approximate surface area is 95.5 Å². The molecule has 1 amide bonds. The predicted octanol–water partition coefficient (Wildman–Crippen LogP) is 1.79. The highest BCUT2D eigenvalue weighted by Gasteiger charge is 2.21. The van der Waals surface area contributed by atoms with Crippen molar-refractivity contribution < 1.29 is 19.4 Å². The van der Waals surface area contributed by atoms with Crippen LogP contribution >= 0.6 is 0 Å². The third kappa shape index (κ3) is 6.06. The van der Waals surface area contributed by atoms with Gasteiger partial charge in [0.1, 0.15) is 6.61 Å². The lowest BCUT2D eigenvalue weighted by atomic mass is 9.96. The van der Waals surface area contributed by atoms with Crippen LogP contribution in [0.3, 0.4) is 0 Å². The number of hydrogen-bond acceptors (Lipinski definition) is 3. The van der Waals surface area contributed by atoms with E-state index >= 15 is 0 Å². The van der Waals surface area contributed by atoms with Crippen LogP contribution in [0.15, 0.2) is 12.7 Å². The van der Waals surface area contributed by atoms with Gasteiger partial charge in [0.15, 0.2) is 0 Å². The molecule has 0 bridgehead atoms. The van der Waals surface area contributed by atoms with Gasteiger partial charge in [-0.2, -0.15) is 0 Å². The molecule has 0 rings (SSSR count). The SMILES string of the molecule is C=CCOC(=O)N[C@@H](CC(=O)O)[C@H](C)CC. The Morgan fingerprint density at radius 2 is 2.19 bits per heavy atom. The first-order valence-corrected chi connectivity index (χ1v) is 5.27. The number of carboxylic acids is 1. The van der Waals surface area contributed by atoms with Gasteiger partial charge in [0, 0.05) is 6.04 Å². The Morgan fingerprint density at radius 1 is 1.56 bits per heavy atom. The maximum atomic E-state index is 11.2. The van der Waals surface area contributed by atoms with Crippen molar-refractivity contribution >= 4 is 12.1 Å². The zero-order valence-corrected chi connectivity index (χ0v) is 9.73. The molecule has 0 spiro atoms. The zero-order valence-electron chi connectivity index (χ0n) is 9.73. The summed E-state index contributed by atoms with van der Waals surface area (Å²) in [5, 5.41) is 11.3. The van der Waals surface area contributed by atoms with Crippen molar-refractivity contribution in [1.29, 1.82) is 0 Å². The third-order valence-electron chi connectivity index (χ3n) is 2.36. The Bertz CT molecular complexity index is 252. The van der Waals surface area contributed by atoms with Crippen LogP contribution in [0, 0.1) is 5.92 Å². The molecule has 0 aliphatic carbocycles. The molecule has 0 fully saturated rings. The van der Waals surface area contributed by atoms with Crippen molar-refractivity contribution in [1.82, 2.24) is 5.32 Å². The second-order valence-corrected chi connectivity index (χ2v) is 3.62. The van der Waals surface area contributed by atoms with E-state index in [9.17, 15) is 9.59 Å². The van der Waals surface area contributed by atoms with Crippen LogP contribution in [0.2, 0.25) is 0 Å². The molecule has 5 nitrogen and oxygen atoms in total. The van der Waals surface area contributed by atoms with E-state index in [1.165, 1.54) is 6.08 Å². The fraction of sp³-hybridized carbons (Fsp3) is 0.636. The highest BCUT2D eigenvalue weighted by atomic mass is 16.5. The monoisotopic (exact) mass is 229 g/mol. The molecule has 0 unspecified atom stereocenters. The second-order valence-electron chi connectivity index (χ2n) is 3.62. The van der Waals surface area contributed by atoms with Crippen molar-refractivity contribution in [2.75, 3.05) is 6.61 Å². The molecule has 0 aromatic carbocycles. The minimum atomic E-state index is -0.936. The number of amides is 1. The van der Waals surface area contributed by atoms with E-state index in [1.54, 1.807) is 0 Å². The Balaban J connectivity index is 4.24. The summed E-state index contributed by atoms with van der Waals surface area (Å²) in [6.07, 6.45) is 1.54. The summed E-state index contributed by atoms with van der Waals surface area (Å²) >= 11 is 0. The number of nitrogens with one attached hydrogen (secondary N) is 1. The van der Waals surface area contributed by atoms with Crippen molar-refractivity contribution in [3.8, 4) is 0 Å². The van der Waals surface area contributed by atoms with E-state index in [4.69, 9.17) is 9.84 Å². The summed E-state index contributed by atoms with van der Waals surface area (Å²) in [6.45, 7) is 7.36. The smallest absolute Gasteiger partial charge is 0.407 e. The summed E-state index contributed by atoms with van der Waals surface area (Å²) in [4.78, 5) is 21.9. The molecule has 0 radical (unpaired) electrons. The number of alkyl carbamates (subject to hydrolysis) is 1. The summed E-state index contributed by atoms with van der Waals surface area (Å²) in [5.41, 5.74) is 0. The van der Waals surface area contributed by atoms with Gasteiger partial charge < -0.3 is 15.2 Å². The molecular weight excluding hydrogens is 210 g/mol. The minimum Gasteiger partial charge on any atom is -0.481 e. The molecule has 0 saturated carbocycles. The van der Waals surface area contributed by atoms with Gasteiger partial charge in [-0.25, -0.2) is 4.79 Å². The van der Waals surface area contributed by atoms with Gasteiger partial charge in [-0.3, -0.25) is 4.79 Å². The lowest BCUT2D eigenvalue weighted by Gasteiger charge is -2.22. The first kappa shape index (κ1) is 14.5. The molecule has 0 saturated heterocycles. The third-order valence-corrected chi connectivity index (χ3v) is 2.36. The molecule has 92 valence electrons. The van der Waals surface area contributed by atoms with Crippen LogP contribution in [0.5, 0.6) is 0 Å². The fourth-order valence-electron chi connectivity index (χ4n) is 1.19. The van der Waals surface area contributed by atoms with Crippen LogP contribution in [0.4, 0.5) is 4.79 Å². The zero-order chi connectivity index (χ0) is 12.6. The van der Waals surface area contributed by atoms with Gasteiger partial charge in [0.25, 0.3) is 0 Å². The molecule has 2 atom stereocenters. The van der Waals surface area contributed by atoms with Crippen LogP contribution in [-0.2, 0) is 9.53 Å². The maximum absolute atomic E-state index is 11.2. The van der Waals surface area contributed by atoms with Crippen LogP contribution in [0.1, 0.15) is 26.7 Å². The van der Waals surface area contributed by atoms with Gasteiger partial charge >= 0.3 is 12.1 Å². The molecule has 0 aromatic rings. The minimum absolute atomic E-state index is 0.0902. The normalized spacial score (nSPS) is 13.6. The first-order chi connectivity index (χ1) is 7.51. The topological polar surface area (TPSA) is 75.6 Å². The molecule has 0 aliphatic heterocycles. The highest BCUT2D eigenvalue weighted by molar-refractivity contribution is 5.71. The van der Waals surface area contributed by atoms with E-state index in [2.05, 4.69) is 11.9 Å². The summed E-state index contributed by atoms with van der Waals surface area (Å²) < 4.78 is 4.74. The number of carbonyl (C=O) groups is 2. The van der Waals surface area contributed by atoms with E-state index < -0.39 is 18.1 Å². The van der Waals surface area contributed by atoms with Gasteiger partial charge in [0.05, 0.1) is 6.42 Å². The number of aliphatic carboxylic acids is 1. The summed E-state index contributed by atoms with van der Waals surface area (Å²) in [7, 11) is 0. The van der Waals surface area contributed by atoms with E-state index in [0.29, 0.717) is 0 Å². The summed E-state index contributed by atoms with van der Waals surface area (Å²) in [5.74, 6) is -0.846. The number of carboxylic acid groups (broad SMARTS) is 1. The summed E-state index contributed by atoms with van der Waals surface area (Å²) in [6, 6.07) is -0.403. The van der Waals surface area contributed by atoms with Crippen molar-refractivity contribution in [3.05, 3.63) is 12.7 Å². The van der Waals surface area contributed by atoms with E-state index in [-0.39, 0.29) is 18.9 Å². The molecule has 0 aliphatic rings. The highest BCUT2D eigenvalue weighted by Crippen LogP contribution is 2.11. The van der Waals surface area contributed by atoms with Crippen LogP contribution in [-0.4, -0.2) is 29.8 Å². The average Bonchev–Trinajstić information content (AvgIpc) is 2.23. The molecule has 0 heterocycles.